The first-order valence-electron chi connectivity index (χ1n) is 6.70. The van der Waals surface area contributed by atoms with Crippen LogP contribution in [0, 0.1) is 0 Å². The van der Waals surface area contributed by atoms with Gasteiger partial charge >= 0.3 is 0 Å². The zero-order valence-corrected chi connectivity index (χ0v) is 10.8. The summed E-state index contributed by atoms with van der Waals surface area (Å²) in [6, 6.07) is 10.4. The van der Waals surface area contributed by atoms with Crippen LogP contribution >= 0.6 is 0 Å². The summed E-state index contributed by atoms with van der Waals surface area (Å²) < 4.78 is 0. The van der Waals surface area contributed by atoms with E-state index in [1.807, 2.05) is 30.3 Å². The predicted molar refractivity (Wildman–Crippen MR) is 75.1 cm³/mol. The molecule has 1 fully saturated rings. The van der Waals surface area contributed by atoms with Crippen molar-refractivity contribution in [3.63, 3.8) is 0 Å². The minimum Gasteiger partial charge on any atom is -0.395 e. The molecule has 100 valence electrons. The third kappa shape index (κ3) is 2.41. The van der Waals surface area contributed by atoms with Gasteiger partial charge in [-0.05, 0) is 25.0 Å². The van der Waals surface area contributed by atoms with E-state index in [0.717, 1.165) is 35.1 Å². The molecule has 0 radical (unpaired) electrons. The summed E-state index contributed by atoms with van der Waals surface area (Å²) in [5, 5.41) is 19.8. The summed E-state index contributed by atoms with van der Waals surface area (Å²) in [5.41, 5.74) is 1.76. The van der Waals surface area contributed by atoms with Crippen LogP contribution in [0.4, 0.5) is 5.82 Å². The van der Waals surface area contributed by atoms with Crippen molar-refractivity contribution in [2.24, 2.45) is 0 Å². The van der Waals surface area contributed by atoms with E-state index in [0.29, 0.717) is 12.6 Å². The van der Waals surface area contributed by atoms with E-state index in [2.05, 4.69) is 9.88 Å². The van der Waals surface area contributed by atoms with Crippen molar-refractivity contribution >= 4 is 16.7 Å². The highest BCUT2D eigenvalue weighted by Gasteiger charge is 2.31. The van der Waals surface area contributed by atoms with Crippen LogP contribution in [0.5, 0.6) is 0 Å². The molecule has 0 atom stereocenters. The molecular formula is C15H18N2O2. The normalized spacial score (nSPS) is 14.8. The molecule has 19 heavy (non-hydrogen) atoms. The van der Waals surface area contributed by atoms with Crippen LogP contribution in [-0.4, -0.2) is 34.4 Å². The molecule has 0 unspecified atom stereocenters. The van der Waals surface area contributed by atoms with Crippen LogP contribution in [-0.2, 0) is 6.61 Å². The smallest absolute Gasteiger partial charge is 0.135 e. The Morgan fingerprint density at radius 1 is 1.21 bits per heavy atom. The molecule has 2 N–H and O–H groups in total. The minimum atomic E-state index is -0.0260. The van der Waals surface area contributed by atoms with E-state index in [1.54, 1.807) is 0 Å². The van der Waals surface area contributed by atoms with Crippen LogP contribution in [0.2, 0.25) is 0 Å². The lowest BCUT2D eigenvalue weighted by molar-refractivity contribution is 0.280. The first-order valence-corrected chi connectivity index (χ1v) is 6.70. The van der Waals surface area contributed by atoms with Crippen molar-refractivity contribution in [1.82, 2.24) is 4.98 Å². The number of nitrogens with zero attached hydrogens (tertiary/aromatic N) is 2. The van der Waals surface area contributed by atoms with Gasteiger partial charge in [-0.25, -0.2) is 4.98 Å². The highest BCUT2D eigenvalue weighted by Crippen LogP contribution is 2.33. The maximum absolute atomic E-state index is 9.57. The Kier molecular flexibility index (Phi) is 3.36. The number of pyridine rings is 1. The van der Waals surface area contributed by atoms with Gasteiger partial charge in [0.2, 0.25) is 0 Å². The third-order valence-corrected chi connectivity index (χ3v) is 3.55. The number of benzene rings is 1. The van der Waals surface area contributed by atoms with Crippen molar-refractivity contribution in [2.45, 2.75) is 25.5 Å². The average molecular weight is 258 g/mol. The standard InChI is InChI=1S/C15H18N2O2/c18-8-7-17(13-5-6-13)15-12(10-19)9-11-3-1-2-4-14(11)16-15/h1-4,9,13,18-19H,5-8,10H2. The Morgan fingerprint density at radius 3 is 2.68 bits per heavy atom. The first-order chi connectivity index (χ1) is 9.33. The lowest BCUT2D eigenvalue weighted by Gasteiger charge is -2.25. The molecule has 3 rings (SSSR count). The number of anilines is 1. The highest BCUT2D eigenvalue weighted by atomic mass is 16.3. The number of aliphatic hydroxyl groups is 2. The van der Waals surface area contributed by atoms with Crippen LogP contribution in [0.1, 0.15) is 18.4 Å². The summed E-state index contributed by atoms with van der Waals surface area (Å²) in [6.45, 7) is 0.653. The number of hydrogen-bond donors (Lipinski definition) is 2. The monoisotopic (exact) mass is 258 g/mol. The van der Waals surface area contributed by atoms with Crippen LogP contribution in [0.15, 0.2) is 30.3 Å². The zero-order valence-electron chi connectivity index (χ0n) is 10.8. The van der Waals surface area contributed by atoms with Gasteiger partial charge in [0.1, 0.15) is 5.82 Å². The molecule has 1 aliphatic rings. The van der Waals surface area contributed by atoms with Crippen molar-refractivity contribution in [3.8, 4) is 0 Å². The van der Waals surface area contributed by atoms with Gasteiger partial charge in [0, 0.05) is 23.5 Å². The van der Waals surface area contributed by atoms with Crippen molar-refractivity contribution in [2.75, 3.05) is 18.1 Å². The summed E-state index contributed by atoms with van der Waals surface area (Å²) in [4.78, 5) is 6.80. The van der Waals surface area contributed by atoms with Gasteiger partial charge in [-0.1, -0.05) is 18.2 Å². The van der Waals surface area contributed by atoms with Crippen LogP contribution in [0.25, 0.3) is 10.9 Å². The first kappa shape index (κ1) is 12.4. The second-order valence-corrected chi connectivity index (χ2v) is 4.97. The lowest BCUT2D eigenvalue weighted by atomic mass is 10.1. The quantitative estimate of drug-likeness (QED) is 0.857. The summed E-state index contributed by atoms with van der Waals surface area (Å²) in [6.07, 6.45) is 2.28. The van der Waals surface area contributed by atoms with Gasteiger partial charge < -0.3 is 15.1 Å². The van der Waals surface area contributed by atoms with E-state index < -0.39 is 0 Å². The Labute approximate surface area is 112 Å². The molecule has 2 aromatic rings. The topological polar surface area (TPSA) is 56.6 Å². The summed E-state index contributed by atoms with van der Waals surface area (Å²) in [7, 11) is 0. The van der Waals surface area contributed by atoms with Gasteiger partial charge in [0.25, 0.3) is 0 Å². The Balaban J connectivity index is 2.08. The SMILES string of the molecule is OCCN(c1nc2ccccc2cc1CO)C1CC1. The summed E-state index contributed by atoms with van der Waals surface area (Å²) in [5.74, 6) is 0.817. The number of hydrogen-bond acceptors (Lipinski definition) is 4. The average Bonchev–Trinajstić information content (AvgIpc) is 3.28. The van der Waals surface area contributed by atoms with Crippen molar-refractivity contribution in [1.29, 1.82) is 0 Å². The fourth-order valence-corrected chi connectivity index (χ4v) is 2.47. The molecule has 1 saturated carbocycles. The maximum atomic E-state index is 9.57. The van der Waals surface area contributed by atoms with Crippen LogP contribution in [0.3, 0.4) is 0 Å². The van der Waals surface area contributed by atoms with Gasteiger partial charge in [-0.3, -0.25) is 0 Å². The molecule has 4 nitrogen and oxygen atoms in total. The second-order valence-electron chi connectivity index (χ2n) is 4.97. The van der Waals surface area contributed by atoms with E-state index in [9.17, 15) is 10.2 Å². The lowest BCUT2D eigenvalue weighted by Crippen LogP contribution is -2.30. The van der Waals surface area contributed by atoms with Crippen molar-refractivity contribution in [3.05, 3.63) is 35.9 Å². The number of fused-ring (bicyclic) bond motifs is 1. The molecule has 0 amide bonds. The molecule has 0 saturated heterocycles. The minimum absolute atomic E-state index is 0.0260. The molecule has 0 bridgehead atoms. The van der Waals surface area contributed by atoms with E-state index in [-0.39, 0.29) is 13.2 Å². The number of para-hydroxylation sites is 1. The maximum Gasteiger partial charge on any atom is 0.135 e. The Morgan fingerprint density at radius 2 is 2.00 bits per heavy atom. The molecule has 1 aliphatic carbocycles. The molecular weight excluding hydrogens is 240 g/mol. The van der Waals surface area contributed by atoms with Gasteiger partial charge in [0.15, 0.2) is 0 Å². The van der Waals surface area contributed by atoms with Gasteiger partial charge in [0.05, 0.1) is 18.7 Å². The Hall–Kier alpha value is -1.65. The van der Waals surface area contributed by atoms with E-state index >= 15 is 0 Å². The third-order valence-electron chi connectivity index (χ3n) is 3.55. The van der Waals surface area contributed by atoms with Crippen LogP contribution < -0.4 is 4.90 Å². The fraction of sp³-hybridized carbons (Fsp3) is 0.400. The molecule has 4 heteroatoms. The Bertz CT molecular complexity index is 581. The number of rotatable bonds is 5. The molecule has 1 heterocycles. The van der Waals surface area contributed by atoms with E-state index in [1.165, 1.54) is 0 Å². The van der Waals surface area contributed by atoms with Gasteiger partial charge in [-0.2, -0.15) is 0 Å². The molecule has 0 spiro atoms. The fourth-order valence-electron chi connectivity index (χ4n) is 2.47. The predicted octanol–water partition coefficient (Wildman–Crippen LogP) is 1.69. The highest BCUT2D eigenvalue weighted by molar-refractivity contribution is 5.81. The van der Waals surface area contributed by atoms with E-state index in [4.69, 9.17) is 0 Å². The van der Waals surface area contributed by atoms with Crippen molar-refractivity contribution < 1.29 is 10.2 Å². The second kappa shape index (κ2) is 5.15. The molecule has 1 aromatic heterocycles. The van der Waals surface area contributed by atoms with Gasteiger partial charge in [-0.15, -0.1) is 0 Å². The molecule has 1 aromatic carbocycles. The number of aliphatic hydroxyl groups excluding tert-OH is 2. The number of aromatic nitrogens is 1. The summed E-state index contributed by atoms with van der Waals surface area (Å²) >= 11 is 0. The largest absolute Gasteiger partial charge is 0.395 e. The molecule has 0 aliphatic heterocycles. The zero-order chi connectivity index (χ0) is 13.2.